The summed E-state index contributed by atoms with van der Waals surface area (Å²) in [5.74, 6) is 0. The van der Waals surface area contributed by atoms with Crippen molar-refractivity contribution in [2.75, 3.05) is 0 Å². The maximum absolute atomic E-state index is 9.01. The molecular weight excluding hydrogens is 226 g/mol. The highest BCUT2D eigenvalue weighted by atomic mass is 15.3. The third kappa shape index (κ3) is 2.11. The van der Waals surface area contributed by atoms with Crippen LogP contribution in [-0.2, 0) is 13.1 Å². The molecule has 0 radical (unpaired) electrons. The minimum atomic E-state index is 0.444. The molecular formula is C13H15N5. The summed E-state index contributed by atoms with van der Waals surface area (Å²) >= 11 is 0. The van der Waals surface area contributed by atoms with E-state index in [1.807, 2.05) is 30.7 Å². The van der Waals surface area contributed by atoms with E-state index < -0.39 is 0 Å². The number of aromatic nitrogens is 3. The molecule has 0 atom stereocenters. The number of aryl methyl sites for hydroxylation is 1. The standard InChI is InChI=1S/C13H15N5/c1-9-12(6-14)10(2)18(17-9)8-11-4-3-5-16-13(11)7-15/h3-5H,6,8,14H2,1-2H3. The number of nitriles is 1. The van der Waals surface area contributed by atoms with Gasteiger partial charge in [-0.25, -0.2) is 4.98 Å². The highest BCUT2D eigenvalue weighted by Crippen LogP contribution is 2.14. The zero-order chi connectivity index (χ0) is 13.1. The van der Waals surface area contributed by atoms with E-state index >= 15 is 0 Å². The van der Waals surface area contributed by atoms with Gasteiger partial charge in [-0.2, -0.15) is 10.4 Å². The lowest BCUT2D eigenvalue weighted by Gasteiger charge is -2.06. The van der Waals surface area contributed by atoms with Crippen LogP contribution >= 0.6 is 0 Å². The van der Waals surface area contributed by atoms with Crippen molar-refractivity contribution in [1.82, 2.24) is 14.8 Å². The van der Waals surface area contributed by atoms with Gasteiger partial charge in [-0.15, -0.1) is 0 Å². The molecule has 5 nitrogen and oxygen atoms in total. The van der Waals surface area contributed by atoms with Gasteiger partial charge in [-0.1, -0.05) is 6.07 Å². The largest absolute Gasteiger partial charge is 0.326 e. The van der Waals surface area contributed by atoms with Crippen LogP contribution in [0.1, 0.15) is 28.2 Å². The fourth-order valence-corrected chi connectivity index (χ4v) is 2.01. The van der Waals surface area contributed by atoms with Gasteiger partial charge in [-0.3, -0.25) is 4.68 Å². The van der Waals surface area contributed by atoms with Crippen LogP contribution in [-0.4, -0.2) is 14.8 Å². The molecule has 0 aliphatic rings. The van der Waals surface area contributed by atoms with E-state index in [0.717, 1.165) is 22.5 Å². The monoisotopic (exact) mass is 241 g/mol. The molecule has 0 aliphatic heterocycles. The van der Waals surface area contributed by atoms with E-state index in [0.29, 0.717) is 18.8 Å². The number of rotatable bonds is 3. The predicted molar refractivity (Wildman–Crippen MR) is 67.6 cm³/mol. The second-order valence-corrected chi connectivity index (χ2v) is 4.13. The molecule has 0 bridgehead atoms. The van der Waals surface area contributed by atoms with Gasteiger partial charge in [0.15, 0.2) is 0 Å². The van der Waals surface area contributed by atoms with E-state index in [2.05, 4.69) is 16.2 Å². The van der Waals surface area contributed by atoms with Gasteiger partial charge in [-0.05, 0) is 19.9 Å². The molecule has 0 saturated heterocycles. The Balaban J connectivity index is 2.38. The van der Waals surface area contributed by atoms with Crippen LogP contribution in [0, 0.1) is 25.2 Å². The second kappa shape index (κ2) is 4.98. The van der Waals surface area contributed by atoms with Crippen LogP contribution < -0.4 is 5.73 Å². The Morgan fingerprint density at radius 1 is 1.44 bits per heavy atom. The van der Waals surface area contributed by atoms with Crippen molar-refractivity contribution in [2.24, 2.45) is 5.73 Å². The van der Waals surface area contributed by atoms with E-state index in [9.17, 15) is 0 Å². The Morgan fingerprint density at radius 3 is 2.83 bits per heavy atom. The van der Waals surface area contributed by atoms with Crippen molar-refractivity contribution in [3.8, 4) is 6.07 Å². The maximum Gasteiger partial charge on any atom is 0.145 e. The minimum absolute atomic E-state index is 0.444. The summed E-state index contributed by atoms with van der Waals surface area (Å²) in [7, 11) is 0. The molecule has 0 spiro atoms. The lowest BCUT2D eigenvalue weighted by Crippen LogP contribution is -2.07. The highest BCUT2D eigenvalue weighted by Gasteiger charge is 2.11. The zero-order valence-corrected chi connectivity index (χ0v) is 10.5. The number of hydrogen-bond acceptors (Lipinski definition) is 4. The number of hydrogen-bond donors (Lipinski definition) is 1. The maximum atomic E-state index is 9.01. The molecule has 2 aromatic rings. The van der Waals surface area contributed by atoms with Gasteiger partial charge in [0.05, 0.1) is 12.2 Å². The Hall–Kier alpha value is -2.19. The molecule has 2 rings (SSSR count). The van der Waals surface area contributed by atoms with Gasteiger partial charge in [0, 0.05) is 29.6 Å². The number of nitrogens with zero attached hydrogens (tertiary/aromatic N) is 4. The SMILES string of the molecule is Cc1nn(Cc2cccnc2C#N)c(C)c1CN. The van der Waals surface area contributed by atoms with Crippen molar-refractivity contribution >= 4 is 0 Å². The fourth-order valence-electron chi connectivity index (χ4n) is 2.01. The summed E-state index contributed by atoms with van der Waals surface area (Å²) < 4.78 is 1.87. The van der Waals surface area contributed by atoms with E-state index in [1.54, 1.807) is 6.20 Å². The van der Waals surface area contributed by atoms with Gasteiger partial charge in [0.1, 0.15) is 11.8 Å². The quantitative estimate of drug-likeness (QED) is 0.877. The summed E-state index contributed by atoms with van der Waals surface area (Å²) in [6.45, 7) is 4.96. The lowest BCUT2D eigenvalue weighted by molar-refractivity contribution is 0.655. The first-order valence-electron chi connectivity index (χ1n) is 5.74. The van der Waals surface area contributed by atoms with Crippen LogP contribution in [0.25, 0.3) is 0 Å². The molecule has 2 N–H and O–H groups in total. The summed E-state index contributed by atoms with van der Waals surface area (Å²) in [5, 5.41) is 13.5. The average Bonchev–Trinajstić information content (AvgIpc) is 2.65. The summed E-state index contributed by atoms with van der Waals surface area (Å²) in [5.41, 5.74) is 10.1. The molecule has 5 heteroatoms. The lowest BCUT2D eigenvalue weighted by atomic mass is 10.2. The van der Waals surface area contributed by atoms with Gasteiger partial charge < -0.3 is 5.73 Å². The van der Waals surface area contributed by atoms with Gasteiger partial charge in [0.2, 0.25) is 0 Å². The van der Waals surface area contributed by atoms with Crippen molar-refractivity contribution in [1.29, 1.82) is 5.26 Å². The van der Waals surface area contributed by atoms with Crippen LogP contribution in [0.5, 0.6) is 0 Å². The third-order valence-corrected chi connectivity index (χ3v) is 3.05. The molecule has 18 heavy (non-hydrogen) atoms. The van der Waals surface area contributed by atoms with E-state index in [1.165, 1.54) is 0 Å². The molecule has 2 heterocycles. The molecule has 0 aromatic carbocycles. The average molecular weight is 241 g/mol. The smallest absolute Gasteiger partial charge is 0.145 e. The van der Waals surface area contributed by atoms with Crippen LogP contribution in [0.15, 0.2) is 18.3 Å². The minimum Gasteiger partial charge on any atom is -0.326 e. The van der Waals surface area contributed by atoms with E-state index in [-0.39, 0.29) is 0 Å². The summed E-state index contributed by atoms with van der Waals surface area (Å²) in [4.78, 5) is 4.05. The Labute approximate surface area is 106 Å². The van der Waals surface area contributed by atoms with Gasteiger partial charge >= 0.3 is 0 Å². The third-order valence-electron chi connectivity index (χ3n) is 3.05. The first kappa shape index (κ1) is 12.3. The molecule has 0 unspecified atom stereocenters. The number of pyridine rings is 1. The zero-order valence-electron chi connectivity index (χ0n) is 10.5. The molecule has 0 fully saturated rings. The van der Waals surface area contributed by atoms with Crippen LogP contribution in [0.4, 0.5) is 0 Å². The van der Waals surface area contributed by atoms with Crippen molar-refractivity contribution < 1.29 is 0 Å². The molecule has 0 amide bonds. The summed E-state index contributed by atoms with van der Waals surface area (Å²) in [6, 6.07) is 5.81. The first-order valence-corrected chi connectivity index (χ1v) is 5.74. The Morgan fingerprint density at radius 2 is 2.22 bits per heavy atom. The van der Waals surface area contributed by atoms with Crippen molar-refractivity contribution in [3.63, 3.8) is 0 Å². The fraction of sp³-hybridized carbons (Fsp3) is 0.308. The molecule has 2 aromatic heterocycles. The topological polar surface area (TPSA) is 80.5 Å². The second-order valence-electron chi connectivity index (χ2n) is 4.13. The normalized spacial score (nSPS) is 10.3. The molecule has 0 saturated carbocycles. The first-order chi connectivity index (χ1) is 8.67. The summed E-state index contributed by atoms with van der Waals surface area (Å²) in [6.07, 6.45) is 1.62. The van der Waals surface area contributed by atoms with Gasteiger partial charge in [0.25, 0.3) is 0 Å². The van der Waals surface area contributed by atoms with Crippen LogP contribution in [0.3, 0.4) is 0 Å². The molecule has 92 valence electrons. The number of nitrogens with two attached hydrogens (primary N) is 1. The Kier molecular flexibility index (Phi) is 3.40. The van der Waals surface area contributed by atoms with Crippen molar-refractivity contribution in [3.05, 3.63) is 46.5 Å². The Bertz CT molecular complexity index is 606. The van der Waals surface area contributed by atoms with E-state index in [4.69, 9.17) is 11.0 Å². The highest BCUT2D eigenvalue weighted by molar-refractivity contribution is 5.32. The predicted octanol–water partition coefficient (Wildman–Crippen LogP) is 1.27. The molecule has 0 aliphatic carbocycles. The van der Waals surface area contributed by atoms with Crippen LogP contribution in [0.2, 0.25) is 0 Å². The van der Waals surface area contributed by atoms with Crippen molar-refractivity contribution in [2.45, 2.75) is 26.9 Å².